The normalized spacial score (nSPS) is 14.5. The lowest BCUT2D eigenvalue weighted by atomic mass is 9.99. The Hall–Kier alpha value is -2.49. The third kappa shape index (κ3) is 11.5. The van der Waals surface area contributed by atoms with Crippen molar-refractivity contribution in [3.63, 3.8) is 0 Å². The highest BCUT2D eigenvalue weighted by atomic mass is 16.7. The molecule has 0 rings (SSSR count). The molecule has 0 aromatic rings. The minimum absolute atomic E-state index is 0.0672. The van der Waals surface area contributed by atoms with Gasteiger partial charge in [0.05, 0.1) is 0 Å². The maximum Gasteiger partial charge on any atom is 0.332 e. The Morgan fingerprint density at radius 2 is 1.03 bits per heavy atom. The van der Waals surface area contributed by atoms with Crippen LogP contribution in [0.5, 0.6) is 0 Å². The van der Waals surface area contributed by atoms with Crippen LogP contribution in [-0.2, 0) is 42.8 Å². The topological polar surface area (TPSA) is 107 Å². The number of carbonyl (C=O) groups excluding carboxylic acids is 3. The average molecular weight is 428 g/mol. The molecule has 0 aromatic heterocycles. The van der Waals surface area contributed by atoms with Crippen LogP contribution < -0.4 is 0 Å². The number of rotatable bonds is 17. The molecule has 3 unspecified atom stereocenters. The molecule has 30 heavy (non-hydrogen) atoms. The van der Waals surface area contributed by atoms with E-state index < -0.39 is 42.7 Å². The van der Waals surface area contributed by atoms with Crippen molar-refractivity contribution in [1.82, 2.24) is 0 Å². The van der Waals surface area contributed by atoms with Crippen LogP contribution in [0, 0.1) is 5.92 Å². The summed E-state index contributed by atoms with van der Waals surface area (Å²) in [7, 11) is 0. The number of hydrogen-bond acceptors (Lipinski definition) is 9. The predicted octanol–water partition coefficient (Wildman–Crippen LogP) is 2.66. The Morgan fingerprint density at radius 3 is 1.37 bits per heavy atom. The molecule has 0 saturated heterocycles. The van der Waals surface area contributed by atoms with Crippen LogP contribution in [0.1, 0.15) is 33.6 Å². The fourth-order valence-corrected chi connectivity index (χ4v) is 2.43. The van der Waals surface area contributed by atoms with Crippen molar-refractivity contribution in [2.45, 2.75) is 52.5 Å². The predicted molar refractivity (Wildman–Crippen MR) is 108 cm³/mol. The average Bonchev–Trinajstić information content (AvgIpc) is 2.72. The van der Waals surface area contributed by atoms with Crippen LogP contribution in [-0.4, -0.2) is 56.6 Å². The van der Waals surface area contributed by atoms with Crippen molar-refractivity contribution in [3.05, 3.63) is 38.0 Å². The van der Waals surface area contributed by atoms with Gasteiger partial charge >= 0.3 is 17.9 Å². The molecule has 0 aliphatic carbocycles. The molecule has 3 atom stereocenters. The Labute approximate surface area is 177 Å². The molecule has 0 aliphatic rings. The van der Waals surface area contributed by atoms with Gasteiger partial charge in [0.1, 0.15) is 0 Å². The minimum atomic E-state index is -1.06. The zero-order chi connectivity index (χ0) is 22.9. The van der Waals surface area contributed by atoms with E-state index in [0.717, 1.165) is 18.2 Å². The highest BCUT2D eigenvalue weighted by molar-refractivity contribution is 5.82. The number of hydrogen-bond donors (Lipinski definition) is 0. The van der Waals surface area contributed by atoms with Gasteiger partial charge in [0, 0.05) is 56.8 Å². The first-order chi connectivity index (χ1) is 14.3. The van der Waals surface area contributed by atoms with Crippen LogP contribution in [0.3, 0.4) is 0 Å². The first-order valence-electron chi connectivity index (χ1n) is 9.68. The fraction of sp³-hybridized carbons (Fsp3) is 0.571. The third-order valence-corrected chi connectivity index (χ3v) is 3.64. The molecule has 0 aromatic carbocycles. The minimum Gasteiger partial charge on any atom is -0.433 e. The lowest BCUT2D eigenvalue weighted by Gasteiger charge is -2.31. The summed E-state index contributed by atoms with van der Waals surface area (Å²) in [5.74, 6) is -2.69. The lowest BCUT2D eigenvalue weighted by molar-refractivity contribution is -0.218. The van der Waals surface area contributed by atoms with E-state index in [1.54, 1.807) is 20.8 Å². The van der Waals surface area contributed by atoms with Gasteiger partial charge in [-0.1, -0.05) is 19.7 Å². The molecule has 0 fully saturated rings. The summed E-state index contributed by atoms with van der Waals surface area (Å²) in [6.45, 7) is 16.0. The van der Waals surface area contributed by atoms with Crippen LogP contribution >= 0.6 is 0 Å². The van der Waals surface area contributed by atoms with Crippen molar-refractivity contribution >= 4 is 17.9 Å². The summed E-state index contributed by atoms with van der Waals surface area (Å²) < 4.78 is 32.3. The van der Waals surface area contributed by atoms with Gasteiger partial charge in [0.25, 0.3) is 0 Å². The van der Waals surface area contributed by atoms with Crippen molar-refractivity contribution in [2.75, 3.05) is 19.8 Å². The Balaban J connectivity index is 5.73. The van der Waals surface area contributed by atoms with E-state index in [-0.39, 0.29) is 32.7 Å². The highest BCUT2D eigenvalue weighted by Crippen LogP contribution is 2.26. The number of esters is 3. The second kappa shape index (κ2) is 16.3. The van der Waals surface area contributed by atoms with Gasteiger partial charge in [-0.15, -0.1) is 0 Å². The summed E-state index contributed by atoms with van der Waals surface area (Å²) in [6, 6.07) is 0. The highest BCUT2D eigenvalue weighted by Gasteiger charge is 2.33. The van der Waals surface area contributed by atoms with E-state index in [1.807, 2.05) is 0 Å². The summed E-state index contributed by atoms with van der Waals surface area (Å²) in [5, 5.41) is 0. The maximum atomic E-state index is 11.8. The molecule has 0 aliphatic heterocycles. The fourth-order valence-electron chi connectivity index (χ4n) is 2.43. The standard InChI is InChI=1S/C21H32O9/c1-7-16(22)28-19(25-10-4)13-15(21(27-12-6)30-18(24)9-3)14-20(26-11-5)29-17(23)8-2/h7-9,15,19-21H,1-3,10-14H2,4-6H3. The molecule has 170 valence electrons. The zero-order valence-corrected chi connectivity index (χ0v) is 17.9. The summed E-state index contributed by atoms with van der Waals surface area (Å²) >= 11 is 0. The summed E-state index contributed by atoms with van der Waals surface area (Å²) in [6.07, 6.45) is 0.132. The molecule has 0 spiro atoms. The molecule has 0 amide bonds. The van der Waals surface area contributed by atoms with E-state index in [1.165, 1.54) is 0 Å². The van der Waals surface area contributed by atoms with Crippen molar-refractivity contribution in [3.8, 4) is 0 Å². The molecule has 0 saturated carbocycles. The first kappa shape index (κ1) is 27.5. The lowest BCUT2D eigenvalue weighted by Crippen LogP contribution is -2.37. The van der Waals surface area contributed by atoms with Gasteiger partial charge in [-0.3, -0.25) is 0 Å². The van der Waals surface area contributed by atoms with Crippen LogP contribution in [0.2, 0.25) is 0 Å². The summed E-state index contributed by atoms with van der Waals surface area (Å²) in [5.41, 5.74) is 0. The molecule has 0 heterocycles. The monoisotopic (exact) mass is 428 g/mol. The maximum absolute atomic E-state index is 11.8. The van der Waals surface area contributed by atoms with Gasteiger partial charge in [-0.2, -0.15) is 0 Å². The molecule has 9 heteroatoms. The van der Waals surface area contributed by atoms with Crippen LogP contribution in [0.25, 0.3) is 0 Å². The van der Waals surface area contributed by atoms with Crippen LogP contribution in [0.4, 0.5) is 0 Å². The van der Waals surface area contributed by atoms with E-state index in [4.69, 9.17) is 28.4 Å². The molecular formula is C21H32O9. The van der Waals surface area contributed by atoms with Gasteiger partial charge in [0.15, 0.2) is 0 Å². The molecule has 0 N–H and O–H groups in total. The van der Waals surface area contributed by atoms with Gasteiger partial charge in [-0.25, -0.2) is 14.4 Å². The molecule has 0 radical (unpaired) electrons. The van der Waals surface area contributed by atoms with Gasteiger partial charge in [-0.05, 0) is 20.8 Å². The number of ether oxygens (including phenoxy) is 6. The molecular weight excluding hydrogens is 396 g/mol. The SMILES string of the molecule is C=CC(=O)OC(CC(CC(OCC)OC(=O)C=C)C(OCC)OC(=O)C=C)OCC. The van der Waals surface area contributed by atoms with E-state index in [0.29, 0.717) is 0 Å². The smallest absolute Gasteiger partial charge is 0.332 e. The third-order valence-electron chi connectivity index (χ3n) is 3.64. The first-order valence-corrected chi connectivity index (χ1v) is 9.68. The molecule has 0 bridgehead atoms. The van der Waals surface area contributed by atoms with E-state index in [2.05, 4.69) is 19.7 Å². The number of carbonyl (C=O) groups is 3. The van der Waals surface area contributed by atoms with E-state index >= 15 is 0 Å². The largest absolute Gasteiger partial charge is 0.433 e. The van der Waals surface area contributed by atoms with E-state index in [9.17, 15) is 14.4 Å². The van der Waals surface area contributed by atoms with Gasteiger partial charge in [0.2, 0.25) is 18.9 Å². The Morgan fingerprint density at radius 1 is 0.667 bits per heavy atom. The van der Waals surface area contributed by atoms with Crippen molar-refractivity contribution in [1.29, 1.82) is 0 Å². The quantitative estimate of drug-likeness (QED) is 0.150. The summed E-state index contributed by atoms with van der Waals surface area (Å²) in [4.78, 5) is 35.1. The Kier molecular flexibility index (Phi) is 15.0. The zero-order valence-electron chi connectivity index (χ0n) is 17.9. The second-order valence-corrected chi connectivity index (χ2v) is 5.75. The second-order valence-electron chi connectivity index (χ2n) is 5.75. The van der Waals surface area contributed by atoms with Crippen molar-refractivity contribution in [2.24, 2.45) is 5.92 Å². The van der Waals surface area contributed by atoms with Crippen LogP contribution in [0.15, 0.2) is 38.0 Å². The van der Waals surface area contributed by atoms with Crippen molar-refractivity contribution < 1.29 is 42.8 Å². The molecule has 9 nitrogen and oxygen atoms in total. The van der Waals surface area contributed by atoms with Gasteiger partial charge < -0.3 is 28.4 Å². The Bertz CT molecular complexity index is 539.